The number of anilines is 1. The van der Waals surface area contributed by atoms with Gasteiger partial charge in [-0.3, -0.25) is 4.79 Å². The van der Waals surface area contributed by atoms with Crippen LogP contribution in [0.1, 0.15) is 0 Å². The lowest BCUT2D eigenvalue weighted by molar-refractivity contribution is -0.128. The van der Waals surface area contributed by atoms with Crippen LogP contribution in [-0.4, -0.2) is 38.8 Å². The number of rotatable bonds is 3. The molecule has 5 nitrogen and oxygen atoms in total. The third-order valence-corrected chi connectivity index (χ3v) is 2.69. The summed E-state index contributed by atoms with van der Waals surface area (Å²) in [5.41, 5.74) is 0.0231. The van der Waals surface area contributed by atoms with Gasteiger partial charge in [0.15, 0.2) is 17.4 Å². The fourth-order valence-corrected chi connectivity index (χ4v) is 1.78. The second kappa shape index (κ2) is 5.94. The van der Waals surface area contributed by atoms with Crippen molar-refractivity contribution in [2.24, 2.45) is 0 Å². The number of amides is 1. The van der Waals surface area contributed by atoms with E-state index in [4.69, 9.17) is 4.74 Å². The van der Waals surface area contributed by atoms with Gasteiger partial charge in [0.2, 0.25) is 0 Å². The molecule has 1 aliphatic rings. The first kappa shape index (κ1) is 13.7. The van der Waals surface area contributed by atoms with Crippen LogP contribution >= 0.6 is 0 Å². The summed E-state index contributed by atoms with van der Waals surface area (Å²) in [7, 11) is 1.17. The Balaban J connectivity index is 2.08. The molecule has 0 bridgehead atoms. The number of benzene rings is 1. The number of hydrogen-bond acceptors (Lipinski definition) is 4. The number of morpholine rings is 1. The maximum absolute atomic E-state index is 13.4. The number of methoxy groups -OCH3 is 1. The quantitative estimate of drug-likeness (QED) is 0.858. The summed E-state index contributed by atoms with van der Waals surface area (Å²) in [5.74, 6) is -2.68. The first-order valence-electron chi connectivity index (χ1n) is 5.78. The zero-order valence-corrected chi connectivity index (χ0v) is 10.3. The Morgan fingerprint density at radius 2 is 2.16 bits per heavy atom. The van der Waals surface area contributed by atoms with Crippen LogP contribution in [0, 0.1) is 11.6 Å². The van der Waals surface area contributed by atoms with Crippen LogP contribution in [0.25, 0.3) is 0 Å². The Hall–Kier alpha value is -1.73. The molecule has 0 radical (unpaired) electrons. The predicted molar refractivity (Wildman–Crippen MR) is 64.1 cm³/mol. The molecular formula is C12H14F2N2O3. The number of halogens is 2. The summed E-state index contributed by atoms with van der Waals surface area (Å²) < 4.78 is 36.7. The van der Waals surface area contributed by atoms with E-state index in [9.17, 15) is 13.6 Å². The molecule has 1 aliphatic heterocycles. The van der Waals surface area contributed by atoms with E-state index in [2.05, 4.69) is 15.4 Å². The molecule has 7 heteroatoms. The first-order chi connectivity index (χ1) is 9.11. The minimum absolute atomic E-state index is 0.0231. The minimum Gasteiger partial charge on any atom is -0.491 e. The minimum atomic E-state index is -0.875. The maximum atomic E-state index is 13.4. The van der Waals surface area contributed by atoms with Crippen LogP contribution in [0.5, 0.6) is 5.75 Å². The van der Waals surface area contributed by atoms with Crippen molar-refractivity contribution < 1.29 is 23.0 Å². The van der Waals surface area contributed by atoms with E-state index in [1.54, 1.807) is 0 Å². The van der Waals surface area contributed by atoms with E-state index < -0.39 is 29.4 Å². The van der Waals surface area contributed by atoms with Gasteiger partial charge in [-0.2, -0.15) is 0 Å². The molecular weight excluding hydrogens is 258 g/mol. The third-order valence-electron chi connectivity index (χ3n) is 2.69. The van der Waals surface area contributed by atoms with Crippen molar-refractivity contribution in [2.45, 2.75) is 6.10 Å². The largest absolute Gasteiger partial charge is 0.491 e. The van der Waals surface area contributed by atoms with Crippen molar-refractivity contribution in [3.05, 3.63) is 23.8 Å². The van der Waals surface area contributed by atoms with Crippen LogP contribution in [-0.2, 0) is 9.53 Å². The first-order valence-corrected chi connectivity index (χ1v) is 5.78. The SMILES string of the molecule is COc1c(F)cc(NC(=O)[C@H]2CNCCO2)cc1F. The average molecular weight is 272 g/mol. The third kappa shape index (κ3) is 3.18. The Bertz CT molecular complexity index is 453. The van der Waals surface area contributed by atoms with Gasteiger partial charge in [0.25, 0.3) is 5.91 Å². The molecule has 0 spiro atoms. The molecule has 0 unspecified atom stereocenters. The number of hydrogen-bond donors (Lipinski definition) is 2. The van der Waals surface area contributed by atoms with Crippen molar-refractivity contribution in [3.8, 4) is 5.75 Å². The summed E-state index contributed by atoms with van der Waals surface area (Å²) in [6.45, 7) is 1.46. The lowest BCUT2D eigenvalue weighted by atomic mass is 10.2. The highest BCUT2D eigenvalue weighted by molar-refractivity contribution is 5.94. The van der Waals surface area contributed by atoms with Crippen molar-refractivity contribution in [3.63, 3.8) is 0 Å². The lowest BCUT2D eigenvalue weighted by Crippen LogP contribution is -2.45. The van der Waals surface area contributed by atoms with Crippen LogP contribution in [0.2, 0.25) is 0 Å². The maximum Gasteiger partial charge on any atom is 0.254 e. The summed E-state index contributed by atoms with van der Waals surface area (Å²) in [5, 5.41) is 5.39. The molecule has 1 saturated heterocycles. The van der Waals surface area contributed by atoms with Crippen LogP contribution in [0.15, 0.2) is 12.1 Å². The molecule has 0 aromatic heterocycles. The fourth-order valence-electron chi connectivity index (χ4n) is 1.78. The van der Waals surface area contributed by atoms with Crippen LogP contribution in [0.3, 0.4) is 0 Å². The molecule has 104 valence electrons. The van der Waals surface area contributed by atoms with Crippen molar-refractivity contribution >= 4 is 11.6 Å². The van der Waals surface area contributed by atoms with E-state index in [0.29, 0.717) is 19.7 Å². The number of nitrogens with one attached hydrogen (secondary N) is 2. The second-order valence-corrected chi connectivity index (χ2v) is 4.03. The van der Waals surface area contributed by atoms with Gasteiger partial charge in [0.1, 0.15) is 6.10 Å². The molecule has 19 heavy (non-hydrogen) atoms. The smallest absolute Gasteiger partial charge is 0.254 e. The number of carbonyl (C=O) groups excluding carboxylic acids is 1. The van der Waals surface area contributed by atoms with Crippen molar-refractivity contribution in [1.29, 1.82) is 0 Å². The summed E-state index contributed by atoms with van der Waals surface area (Å²) in [6, 6.07) is 1.99. The van der Waals surface area contributed by atoms with Crippen molar-refractivity contribution in [2.75, 3.05) is 32.1 Å². The van der Waals surface area contributed by atoms with E-state index in [1.807, 2.05) is 0 Å². The molecule has 0 aliphatic carbocycles. The van der Waals surface area contributed by atoms with E-state index in [0.717, 1.165) is 12.1 Å². The number of carbonyl (C=O) groups is 1. The highest BCUT2D eigenvalue weighted by Gasteiger charge is 2.22. The summed E-state index contributed by atoms with van der Waals surface area (Å²) in [4.78, 5) is 11.8. The summed E-state index contributed by atoms with van der Waals surface area (Å²) in [6.07, 6.45) is -0.665. The van der Waals surface area contributed by atoms with Gasteiger partial charge in [0.05, 0.1) is 13.7 Å². The zero-order chi connectivity index (χ0) is 13.8. The normalized spacial score (nSPS) is 19.0. The standard InChI is InChI=1S/C12H14F2N2O3/c1-18-11-8(13)4-7(5-9(11)14)16-12(17)10-6-15-2-3-19-10/h4-5,10,15H,2-3,6H2,1H3,(H,16,17)/t10-/m1/s1. The van der Waals surface area contributed by atoms with E-state index in [-0.39, 0.29) is 5.69 Å². The van der Waals surface area contributed by atoms with Gasteiger partial charge < -0.3 is 20.1 Å². The number of ether oxygens (including phenoxy) is 2. The Morgan fingerprint density at radius 3 is 2.68 bits per heavy atom. The molecule has 1 aromatic carbocycles. The van der Waals surface area contributed by atoms with E-state index in [1.165, 1.54) is 7.11 Å². The van der Waals surface area contributed by atoms with Gasteiger partial charge in [0, 0.05) is 30.9 Å². The van der Waals surface area contributed by atoms with Gasteiger partial charge in [-0.25, -0.2) is 8.78 Å². The molecule has 1 aromatic rings. The Morgan fingerprint density at radius 1 is 1.47 bits per heavy atom. The van der Waals surface area contributed by atoms with Gasteiger partial charge in [-0.1, -0.05) is 0 Å². The molecule has 2 rings (SSSR count). The average Bonchev–Trinajstić information content (AvgIpc) is 2.39. The van der Waals surface area contributed by atoms with Crippen LogP contribution < -0.4 is 15.4 Å². The zero-order valence-electron chi connectivity index (χ0n) is 10.3. The van der Waals surface area contributed by atoms with Gasteiger partial charge >= 0.3 is 0 Å². The fraction of sp³-hybridized carbons (Fsp3) is 0.417. The molecule has 1 heterocycles. The molecule has 2 N–H and O–H groups in total. The van der Waals surface area contributed by atoms with E-state index >= 15 is 0 Å². The molecule has 1 fully saturated rings. The second-order valence-electron chi connectivity index (χ2n) is 4.03. The monoisotopic (exact) mass is 272 g/mol. The molecule has 1 amide bonds. The summed E-state index contributed by atoms with van der Waals surface area (Å²) >= 11 is 0. The van der Waals surface area contributed by atoms with Gasteiger partial charge in [-0.05, 0) is 0 Å². The lowest BCUT2D eigenvalue weighted by Gasteiger charge is -2.22. The molecule has 0 saturated carbocycles. The Labute approximate surface area is 108 Å². The highest BCUT2D eigenvalue weighted by Crippen LogP contribution is 2.25. The predicted octanol–water partition coefficient (Wildman–Crippen LogP) is 0.900. The topological polar surface area (TPSA) is 59.6 Å². The Kier molecular flexibility index (Phi) is 4.28. The highest BCUT2D eigenvalue weighted by atomic mass is 19.1. The van der Waals surface area contributed by atoms with Gasteiger partial charge in [-0.15, -0.1) is 0 Å². The van der Waals surface area contributed by atoms with Crippen LogP contribution in [0.4, 0.5) is 14.5 Å². The molecule has 1 atom stereocenters. The van der Waals surface area contributed by atoms with Crippen molar-refractivity contribution in [1.82, 2.24) is 5.32 Å².